The molecule has 0 radical (unpaired) electrons. The average molecular weight is 508 g/mol. The first-order valence-corrected chi connectivity index (χ1v) is 12.7. The Morgan fingerprint density at radius 1 is 0.943 bits per heavy atom. The molecule has 0 unspecified atom stereocenters. The van der Waals surface area contributed by atoms with Crippen molar-refractivity contribution in [2.45, 2.75) is 51.2 Å². The molecule has 5 nitrogen and oxygen atoms in total. The molecule has 4 aromatic rings. The van der Waals surface area contributed by atoms with Crippen LogP contribution in [-0.4, -0.2) is 20.6 Å². The van der Waals surface area contributed by atoms with Gasteiger partial charge in [-0.05, 0) is 60.4 Å². The molecule has 2 N–H and O–H groups in total. The number of aromatic nitrogens is 2. The maximum Gasteiger partial charge on any atom is 0.335 e. The first-order valence-electron chi connectivity index (χ1n) is 12.0. The highest BCUT2D eigenvalue weighted by atomic mass is 35.5. The van der Waals surface area contributed by atoms with Crippen LogP contribution in [0.1, 0.15) is 59.6 Å². The lowest BCUT2D eigenvalue weighted by atomic mass is 9.94. The molecular formula is C28H27Cl2N3O2. The first kappa shape index (κ1) is 23.9. The van der Waals surface area contributed by atoms with Gasteiger partial charge in [0.2, 0.25) is 0 Å². The molecule has 1 heterocycles. The van der Waals surface area contributed by atoms with E-state index in [1.165, 1.54) is 19.3 Å². The number of hydrogen-bond donors (Lipinski definition) is 2. The summed E-state index contributed by atoms with van der Waals surface area (Å²) in [5, 5.41) is 14.0. The number of benzene rings is 3. The van der Waals surface area contributed by atoms with Crippen LogP contribution in [0.25, 0.3) is 22.4 Å². The highest BCUT2D eigenvalue weighted by Crippen LogP contribution is 2.36. The molecule has 1 aliphatic carbocycles. The number of hydrogen-bond acceptors (Lipinski definition) is 3. The van der Waals surface area contributed by atoms with Crippen molar-refractivity contribution in [3.8, 4) is 11.4 Å². The highest BCUT2D eigenvalue weighted by Gasteiger charge is 2.23. The largest absolute Gasteiger partial charge is 0.478 e. The maximum absolute atomic E-state index is 11.5. The Labute approximate surface area is 214 Å². The molecule has 0 saturated heterocycles. The average Bonchev–Trinajstić information content (AvgIpc) is 3.26. The van der Waals surface area contributed by atoms with E-state index >= 15 is 0 Å². The summed E-state index contributed by atoms with van der Waals surface area (Å²) in [5.74, 6) is -0.0310. The molecule has 5 rings (SSSR count). The highest BCUT2D eigenvalue weighted by molar-refractivity contribution is 6.42. The minimum Gasteiger partial charge on any atom is -0.478 e. The van der Waals surface area contributed by atoms with Gasteiger partial charge in [0.15, 0.2) is 0 Å². The van der Waals surface area contributed by atoms with Crippen LogP contribution >= 0.6 is 23.2 Å². The van der Waals surface area contributed by atoms with E-state index in [0.29, 0.717) is 29.2 Å². The number of carboxylic acids is 1. The molecule has 0 amide bonds. The van der Waals surface area contributed by atoms with E-state index < -0.39 is 5.97 Å². The molecule has 7 heteroatoms. The van der Waals surface area contributed by atoms with Gasteiger partial charge in [0.05, 0.1) is 26.6 Å². The maximum atomic E-state index is 11.5. The van der Waals surface area contributed by atoms with Crippen LogP contribution in [0.5, 0.6) is 0 Å². The SMILES string of the molecule is O=C(O)c1ccc2c(c1)nc(-c1cccc(CNCc3ccc(Cl)c(Cl)c3)c1)n2C1CCCCC1. The van der Waals surface area contributed by atoms with Crippen molar-refractivity contribution in [1.82, 2.24) is 14.9 Å². The molecule has 0 spiro atoms. The van der Waals surface area contributed by atoms with Gasteiger partial charge in [-0.25, -0.2) is 9.78 Å². The van der Waals surface area contributed by atoms with Crippen molar-refractivity contribution in [1.29, 1.82) is 0 Å². The molecule has 1 aromatic heterocycles. The van der Waals surface area contributed by atoms with Crippen molar-refractivity contribution in [3.63, 3.8) is 0 Å². The molecule has 0 aliphatic heterocycles. The zero-order chi connectivity index (χ0) is 24.4. The number of nitrogens with one attached hydrogen (secondary N) is 1. The summed E-state index contributed by atoms with van der Waals surface area (Å²) in [6.45, 7) is 1.38. The first-order chi connectivity index (χ1) is 17.0. The van der Waals surface area contributed by atoms with E-state index in [9.17, 15) is 9.90 Å². The molecule has 1 aliphatic rings. The minimum absolute atomic E-state index is 0.262. The summed E-state index contributed by atoms with van der Waals surface area (Å²) in [6.07, 6.45) is 5.90. The Hall–Kier alpha value is -2.86. The van der Waals surface area contributed by atoms with E-state index in [2.05, 4.69) is 34.1 Å². The van der Waals surface area contributed by atoms with Gasteiger partial charge in [0.25, 0.3) is 0 Å². The standard InChI is InChI=1S/C28H27Cl2N3O2/c29-23-11-9-19(14-24(23)30)17-31-16-18-5-4-6-20(13-18)27-32-25-15-21(28(34)35)10-12-26(25)33(27)22-7-2-1-3-8-22/h4-6,9-15,22,31H,1-3,7-8,16-17H2,(H,34,35). The molecule has 180 valence electrons. The Bertz CT molecular complexity index is 1380. The van der Waals surface area contributed by atoms with Crippen LogP contribution in [-0.2, 0) is 13.1 Å². The number of carboxylic acid groups (broad SMARTS) is 1. The van der Waals surface area contributed by atoms with Gasteiger partial charge in [-0.2, -0.15) is 0 Å². The van der Waals surface area contributed by atoms with Crippen molar-refractivity contribution < 1.29 is 9.90 Å². The zero-order valence-electron chi connectivity index (χ0n) is 19.3. The number of aromatic carboxylic acids is 1. The third-order valence-electron chi connectivity index (χ3n) is 6.70. The van der Waals surface area contributed by atoms with Crippen LogP contribution in [0.2, 0.25) is 10.0 Å². The second-order valence-electron chi connectivity index (χ2n) is 9.16. The Morgan fingerprint density at radius 2 is 1.71 bits per heavy atom. The summed E-state index contributed by atoms with van der Waals surface area (Å²) >= 11 is 12.2. The fourth-order valence-corrected chi connectivity index (χ4v) is 5.29. The monoisotopic (exact) mass is 507 g/mol. The van der Waals surface area contributed by atoms with Crippen LogP contribution in [0.3, 0.4) is 0 Å². The number of nitrogens with zero attached hydrogens (tertiary/aromatic N) is 2. The number of fused-ring (bicyclic) bond motifs is 1. The Balaban J connectivity index is 1.44. The lowest BCUT2D eigenvalue weighted by Gasteiger charge is -2.25. The fourth-order valence-electron chi connectivity index (χ4n) is 4.97. The fraction of sp³-hybridized carbons (Fsp3) is 0.286. The van der Waals surface area contributed by atoms with E-state index in [4.69, 9.17) is 28.2 Å². The third-order valence-corrected chi connectivity index (χ3v) is 7.44. The van der Waals surface area contributed by atoms with Gasteiger partial charge in [-0.15, -0.1) is 0 Å². The van der Waals surface area contributed by atoms with E-state index in [1.807, 2.05) is 24.3 Å². The molecule has 35 heavy (non-hydrogen) atoms. The third kappa shape index (κ3) is 5.22. The number of halogens is 2. The van der Waals surface area contributed by atoms with Gasteiger partial charge < -0.3 is 15.0 Å². The molecule has 1 fully saturated rings. The topological polar surface area (TPSA) is 67.2 Å². The van der Waals surface area contributed by atoms with Crippen molar-refractivity contribution in [2.75, 3.05) is 0 Å². The van der Waals surface area contributed by atoms with Crippen molar-refractivity contribution >= 4 is 40.2 Å². The Morgan fingerprint density at radius 3 is 2.46 bits per heavy atom. The summed E-state index contributed by atoms with van der Waals surface area (Å²) in [6, 6.07) is 19.7. The van der Waals surface area contributed by atoms with E-state index in [0.717, 1.165) is 46.4 Å². The van der Waals surface area contributed by atoms with Gasteiger partial charge in [-0.3, -0.25) is 0 Å². The summed E-state index contributed by atoms with van der Waals surface area (Å²) in [7, 11) is 0. The lowest BCUT2D eigenvalue weighted by Crippen LogP contribution is -2.14. The predicted molar refractivity (Wildman–Crippen MR) is 141 cm³/mol. The quantitative estimate of drug-likeness (QED) is 0.271. The number of rotatable bonds is 7. The zero-order valence-corrected chi connectivity index (χ0v) is 20.8. The van der Waals surface area contributed by atoms with Gasteiger partial charge in [0, 0.05) is 24.7 Å². The van der Waals surface area contributed by atoms with Gasteiger partial charge >= 0.3 is 5.97 Å². The van der Waals surface area contributed by atoms with E-state index in [-0.39, 0.29) is 5.56 Å². The van der Waals surface area contributed by atoms with Crippen LogP contribution < -0.4 is 5.32 Å². The molecule has 0 atom stereocenters. The minimum atomic E-state index is -0.935. The summed E-state index contributed by atoms with van der Waals surface area (Å²) in [5.41, 5.74) is 5.25. The summed E-state index contributed by atoms with van der Waals surface area (Å²) in [4.78, 5) is 16.5. The second kappa shape index (κ2) is 10.4. The molecule has 1 saturated carbocycles. The lowest BCUT2D eigenvalue weighted by molar-refractivity contribution is 0.0697. The van der Waals surface area contributed by atoms with Gasteiger partial charge in [-0.1, -0.05) is 66.7 Å². The van der Waals surface area contributed by atoms with Crippen molar-refractivity contribution in [3.05, 3.63) is 87.4 Å². The second-order valence-corrected chi connectivity index (χ2v) is 9.97. The van der Waals surface area contributed by atoms with Crippen molar-refractivity contribution in [2.24, 2.45) is 0 Å². The molecular weight excluding hydrogens is 481 g/mol. The predicted octanol–water partition coefficient (Wildman–Crippen LogP) is 7.50. The summed E-state index contributed by atoms with van der Waals surface area (Å²) < 4.78 is 2.34. The van der Waals surface area contributed by atoms with Crippen LogP contribution in [0.15, 0.2) is 60.7 Å². The number of carbonyl (C=O) groups is 1. The molecule has 0 bridgehead atoms. The Kier molecular flexibility index (Phi) is 7.09. The van der Waals surface area contributed by atoms with Crippen LogP contribution in [0.4, 0.5) is 0 Å². The van der Waals surface area contributed by atoms with Crippen LogP contribution in [0, 0.1) is 0 Å². The number of imidazole rings is 1. The van der Waals surface area contributed by atoms with Gasteiger partial charge in [0.1, 0.15) is 5.82 Å². The molecule has 3 aromatic carbocycles. The van der Waals surface area contributed by atoms with E-state index in [1.54, 1.807) is 12.1 Å². The normalized spacial score (nSPS) is 14.5. The smallest absolute Gasteiger partial charge is 0.335 e.